The van der Waals surface area contributed by atoms with Crippen LogP contribution in [0.2, 0.25) is 20.1 Å². The van der Waals surface area contributed by atoms with Gasteiger partial charge in [-0.15, -0.1) is 0 Å². The number of piperidine rings is 2. The van der Waals surface area contributed by atoms with Crippen molar-refractivity contribution in [2.24, 2.45) is 22.3 Å². The van der Waals surface area contributed by atoms with Crippen LogP contribution in [-0.4, -0.2) is 92.4 Å². The van der Waals surface area contributed by atoms with E-state index in [-0.39, 0.29) is 35.1 Å². The molecule has 0 amide bonds. The number of rotatable bonds is 4. The Morgan fingerprint density at radius 1 is 0.617 bits per heavy atom. The molecule has 12 nitrogen and oxygen atoms in total. The molecule has 4 fully saturated rings. The van der Waals surface area contributed by atoms with Crippen molar-refractivity contribution in [3.8, 4) is 22.3 Å². The number of benzene rings is 2. The first-order valence-electron chi connectivity index (χ1n) is 20.6. The van der Waals surface area contributed by atoms with E-state index in [0.717, 1.165) is 122 Å². The third-order valence-corrected chi connectivity index (χ3v) is 15.3. The Bertz CT molecular complexity index is 2390. The lowest BCUT2D eigenvalue weighted by Gasteiger charge is -2.41. The lowest BCUT2D eigenvalue weighted by molar-refractivity contribution is 0.0972. The topological polar surface area (TPSA) is 137 Å². The number of imidazole rings is 2. The summed E-state index contributed by atoms with van der Waals surface area (Å²) >= 11 is 25.6. The highest BCUT2D eigenvalue weighted by Gasteiger charge is 2.49. The van der Waals surface area contributed by atoms with Gasteiger partial charge >= 0.3 is 0 Å². The largest absolute Gasteiger partial charge is 0.376 e. The SMILES string of the molecule is Cc1nc(N2CCC3(CC2)CO[C@@H](C)[C@H]3N)n2ccnc2c1-c1cccc(Cl)c1Cl.Cc1nc(N2CCC3(CC2)CO[C@@H](C)[C@H]3N)n2ccnc2c1-c1cccc(Cl)c1Cl. The first-order valence-corrected chi connectivity index (χ1v) is 22.1. The molecule has 8 heterocycles. The van der Waals surface area contributed by atoms with Gasteiger partial charge in [0.2, 0.25) is 11.9 Å². The van der Waals surface area contributed by atoms with Crippen molar-refractivity contribution in [3.63, 3.8) is 0 Å². The van der Waals surface area contributed by atoms with E-state index in [2.05, 4.69) is 33.6 Å². The Labute approximate surface area is 370 Å². The van der Waals surface area contributed by atoms with Crippen LogP contribution in [0.15, 0.2) is 61.2 Å². The minimum atomic E-state index is 0.0767. The molecule has 4 saturated heterocycles. The van der Waals surface area contributed by atoms with E-state index in [4.69, 9.17) is 77.3 Å². The van der Waals surface area contributed by atoms with Crippen LogP contribution in [0, 0.1) is 24.7 Å². The van der Waals surface area contributed by atoms with Crippen molar-refractivity contribution in [1.82, 2.24) is 28.7 Å². The van der Waals surface area contributed by atoms with Crippen molar-refractivity contribution in [3.05, 3.63) is 92.7 Å². The van der Waals surface area contributed by atoms with Crippen LogP contribution in [0.5, 0.6) is 0 Å². The lowest BCUT2D eigenvalue weighted by Crippen LogP contribution is -2.51. The van der Waals surface area contributed by atoms with Crippen LogP contribution in [0.25, 0.3) is 33.5 Å². The maximum atomic E-state index is 6.52. The second-order valence-corrected chi connectivity index (χ2v) is 18.5. The van der Waals surface area contributed by atoms with E-state index >= 15 is 0 Å². The number of nitrogens with two attached hydrogens (primary N) is 2. The number of nitrogens with zero attached hydrogens (tertiary/aromatic N) is 8. The highest BCUT2D eigenvalue weighted by molar-refractivity contribution is 6.44. The van der Waals surface area contributed by atoms with E-state index < -0.39 is 0 Å². The summed E-state index contributed by atoms with van der Waals surface area (Å²) in [5.74, 6) is 1.80. The van der Waals surface area contributed by atoms with E-state index in [9.17, 15) is 0 Å². The molecule has 4 aliphatic heterocycles. The molecule has 0 aliphatic carbocycles. The fourth-order valence-corrected chi connectivity index (χ4v) is 10.7. The molecule has 2 spiro atoms. The molecule has 4 aromatic heterocycles. The van der Waals surface area contributed by atoms with Gasteiger partial charge in [-0.3, -0.25) is 8.80 Å². The Kier molecular flexibility index (Phi) is 11.2. The molecule has 0 radical (unpaired) electrons. The highest BCUT2D eigenvalue weighted by Crippen LogP contribution is 2.45. The maximum absolute atomic E-state index is 6.52. The number of aryl methyl sites for hydroxylation is 2. The van der Waals surface area contributed by atoms with Crippen LogP contribution in [0.3, 0.4) is 0 Å². The Balaban J connectivity index is 0.000000154. The van der Waals surface area contributed by atoms with Crippen LogP contribution in [0.4, 0.5) is 11.9 Å². The average molecular weight is 893 g/mol. The third kappa shape index (κ3) is 7.01. The Morgan fingerprint density at radius 2 is 1.00 bits per heavy atom. The quantitative estimate of drug-likeness (QED) is 0.177. The van der Waals surface area contributed by atoms with Gasteiger partial charge in [-0.2, -0.15) is 0 Å². The van der Waals surface area contributed by atoms with Gasteiger partial charge in [0, 0.05) is 96.1 Å². The van der Waals surface area contributed by atoms with Crippen molar-refractivity contribution < 1.29 is 9.47 Å². The van der Waals surface area contributed by atoms with Crippen LogP contribution < -0.4 is 21.3 Å². The molecule has 0 unspecified atom stereocenters. The van der Waals surface area contributed by atoms with E-state index in [1.165, 1.54) is 0 Å². The molecule has 4 atom stereocenters. The molecule has 0 saturated carbocycles. The molecule has 60 heavy (non-hydrogen) atoms. The number of aromatic nitrogens is 6. The number of hydrogen-bond donors (Lipinski definition) is 2. The number of hydrogen-bond acceptors (Lipinski definition) is 10. The monoisotopic (exact) mass is 890 g/mol. The third-order valence-electron chi connectivity index (χ3n) is 13.6. The van der Waals surface area contributed by atoms with Gasteiger partial charge in [0.1, 0.15) is 11.3 Å². The molecule has 316 valence electrons. The molecule has 0 bridgehead atoms. The molecule has 4 N–H and O–H groups in total. The standard InChI is InChI=1S/2C22H25Cl2N5O/c2*1-13-17(15-4-3-5-16(23)18(15)24)20-26-8-11-29(20)21(27-13)28-9-6-22(7-10-28)12-30-14(2)19(22)25/h2*3-5,8,11,14,19H,6-7,9-10,12,25H2,1-2H3/t2*14-,19+/m00/s1. The summed E-state index contributed by atoms with van der Waals surface area (Å²) in [5.41, 5.74) is 20.0. The maximum Gasteiger partial charge on any atom is 0.211 e. The molecule has 2 aromatic carbocycles. The lowest BCUT2D eigenvalue weighted by atomic mass is 9.73. The predicted octanol–water partition coefficient (Wildman–Crippen LogP) is 8.69. The summed E-state index contributed by atoms with van der Waals surface area (Å²) < 4.78 is 15.8. The van der Waals surface area contributed by atoms with Crippen molar-refractivity contribution in [1.29, 1.82) is 0 Å². The zero-order valence-corrected chi connectivity index (χ0v) is 37.2. The van der Waals surface area contributed by atoms with E-state index in [0.29, 0.717) is 20.1 Å². The molecular weight excluding hydrogens is 842 g/mol. The molecular formula is C44H50Cl4N10O2. The summed E-state index contributed by atoms with van der Waals surface area (Å²) in [7, 11) is 0. The van der Waals surface area contributed by atoms with Gasteiger partial charge in [0.05, 0.1) is 56.9 Å². The van der Waals surface area contributed by atoms with Gasteiger partial charge < -0.3 is 30.7 Å². The summed E-state index contributed by atoms with van der Waals surface area (Å²) in [6, 6.07) is 11.5. The summed E-state index contributed by atoms with van der Waals surface area (Å²) in [6.45, 7) is 13.2. The van der Waals surface area contributed by atoms with Crippen LogP contribution >= 0.6 is 46.4 Å². The molecule has 10 rings (SSSR count). The van der Waals surface area contributed by atoms with Gasteiger partial charge in [0.25, 0.3) is 0 Å². The fourth-order valence-electron chi connectivity index (χ4n) is 9.86. The Morgan fingerprint density at radius 3 is 1.35 bits per heavy atom. The summed E-state index contributed by atoms with van der Waals surface area (Å²) in [4.78, 5) is 23.9. The van der Waals surface area contributed by atoms with Gasteiger partial charge in [-0.05, 0) is 65.5 Å². The number of fused-ring (bicyclic) bond motifs is 2. The smallest absolute Gasteiger partial charge is 0.211 e. The first kappa shape index (κ1) is 41.6. The van der Waals surface area contributed by atoms with Crippen molar-refractivity contribution in [2.45, 2.75) is 77.7 Å². The Hall–Kier alpha value is -3.72. The number of anilines is 2. The predicted molar refractivity (Wildman–Crippen MR) is 241 cm³/mol. The van der Waals surface area contributed by atoms with Crippen molar-refractivity contribution in [2.75, 3.05) is 49.2 Å². The van der Waals surface area contributed by atoms with E-state index in [1.807, 2.05) is 59.3 Å². The number of ether oxygens (including phenoxy) is 2. The molecule has 16 heteroatoms. The van der Waals surface area contributed by atoms with Crippen molar-refractivity contribution >= 4 is 69.6 Å². The van der Waals surface area contributed by atoms with E-state index in [1.54, 1.807) is 24.5 Å². The molecule has 4 aliphatic rings. The van der Waals surface area contributed by atoms with Gasteiger partial charge in [-0.25, -0.2) is 19.9 Å². The normalized spacial score (nSPS) is 23.6. The van der Waals surface area contributed by atoms with Crippen LogP contribution in [0.1, 0.15) is 50.9 Å². The number of halogens is 4. The van der Waals surface area contributed by atoms with Crippen LogP contribution in [-0.2, 0) is 9.47 Å². The van der Waals surface area contributed by atoms with Gasteiger partial charge in [0.15, 0.2) is 0 Å². The van der Waals surface area contributed by atoms with Gasteiger partial charge in [-0.1, -0.05) is 70.7 Å². The zero-order valence-electron chi connectivity index (χ0n) is 34.2. The minimum Gasteiger partial charge on any atom is -0.376 e. The minimum absolute atomic E-state index is 0.0767. The first-order chi connectivity index (χ1) is 28.8. The summed E-state index contributed by atoms with van der Waals surface area (Å²) in [5, 5.41) is 2.08. The molecule has 6 aromatic rings. The summed E-state index contributed by atoms with van der Waals surface area (Å²) in [6.07, 6.45) is 11.7. The highest BCUT2D eigenvalue weighted by atomic mass is 35.5. The zero-order chi connectivity index (χ0) is 42.1. The average Bonchev–Trinajstić information content (AvgIpc) is 4.05. The second-order valence-electron chi connectivity index (χ2n) is 17.0. The second kappa shape index (κ2) is 16.2. The fraction of sp³-hybridized carbons (Fsp3) is 0.455.